The summed E-state index contributed by atoms with van der Waals surface area (Å²) in [5.74, 6) is -2.93. The number of para-hydroxylation sites is 1. The number of hydrogen-bond donors (Lipinski definition) is 0. The maximum Gasteiger partial charge on any atom is 0.463 e. The highest BCUT2D eigenvalue weighted by atomic mass is 16.5. The molecule has 0 saturated heterocycles. The zero-order valence-electron chi connectivity index (χ0n) is 14.9. The van der Waals surface area contributed by atoms with Gasteiger partial charge in [0.05, 0.1) is 12.8 Å². The molecule has 2 amide bonds. The third kappa shape index (κ3) is 3.56. The third-order valence-electron chi connectivity index (χ3n) is 4.10. The second kappa shape index (κ2) is 8.07. The van der Waals surface area contributed by atoms with Crippen LogP contribution in [0.15, 0.2) is 72.8 Å². The molecule has 28 heavy (non-hydrogen) atoms. The fraction of sp³-hybridized carbons (Fsp3) is 0.0476. The van der Waals surface area contributed by atoms with Crippen LogP contribution in [0.1, 0.15) is 10.4 Å². The molecule has 0 radical (unpaired) electrons. The molecule has 7 heteroatoms. The van der Waals surface area contributed by atoms with Gasteiger partial charge in [-0.05, 0) is 35.0 Å². The maximum atomic E-state index is 13.2. The Balaban J connectivity index is 2.10. The molecular formula is C21H15N3O4. The van der Waals surface area contributed by atoms with Gasteiger partial charge >= 0.3 is 17.6 Å². The smallest absolute Gasteiger partial charge is 0.460 e. The maximum absolute atomic E-state index is 13.2. The van der Waals surface area contributed by atoms with Crippen LogP contribution in [0.2, 0.25) is 0 Å². The molecule has 0 fully saturated rings. The Morgan fingerprint density at radius 1 is 0.893 bits per heavy atom. The first kappa shape index (κ1) is 18.7. The van der Waals surface area contributed by atoms with E-state index in [1.54, 1.807) is 36.4 Å². The highest BCUT2D eigenvalue weighted by Gasteiger charge is 2.39. The van der Waals surface area contributed by atoms with Crippen LogP contribution in [0.25, 0.3) is 16.3 Å². The first-order valence-corrected chi connectivity index (χ1v) is 8.30. The molecule has 7 nitrogen and oxygen atoms in total. The molecule has 0 aliphatic heterocycles. The summed E-state index contributed by atoms with van der Waals surface area (Å²) >= 11 is 0. The topological polar surface area (TPSA) is 100 Å². The Bertz CT molecular complexity index is 1120. The van der Waals surface area contributed by atoms with Crippen molar-refractivity contribution < 1.29 is 23.9 Å². The summed E-state index contributed by atoms with van der Waals surface area (Å²) in [5, 5.41) is 1.75. The van der Waals surface area contributed by atoms with Crippen LogP contribution in [0.4, 0.5) is 5.69 Å². The first-order valence-electron chi connectivity index (χ1n) is 8.30. The molecule has 3 rings (SSSR count). The molecule has 0 aliphatic carbocycles. The molecule has 0 aromatic heterocycles. The monoisotopic (exact) mass is 373 g/mol. The van der Waals surface area contributed by atoms with Crippen LogP contribution >= 0.6 is 0 Å². The van der Waals surface area contributed by atoms with E-state index in [-0.39, 0.29) is 11.3 Å². The Hall–Kier alpha value is -4.09. The second-order valence-corrected chi connectivity index (χ2v) is 5.78. The van der Waals surface area contributed by atoms with Crippen molar-refractivity contribution in [1.29, 1.82) is 0 Å². The highest BCUT2D eigenvalue weighted by Crippen LogP contribution is 2.21. The Kier molecular flexibility index (Phi) is 5.39. The molecule has 0 spiro atoms. The van der Waals surface area contributed by atoms with Gasteiger partial charge in [-0.1, -0.05) is 48.5 Å². The lowest BCUT2D eigenvalue weighted by atomic mass is 10.1. The number of carbonyl (C=O) groups excluding carboxylic acids is 3. The van der Waals surface area contributed by atoms with E-state index in [1.165, 1.54) is 12.1 Å². The van der Waals surface area contributed by atoms with Crippen molar-refractivity contribution in [3.63, 3.8) is 0 Å². The number of amides is 2. The largest absolute Gasteiger partial charge is 0.463 e. The Morgan fingerprint density at radius 2 is 1.54 bits per heavy atom. The molecule has 138 valence electrons. The van der Waals surface area contributed by atoms with Gasteiger partial charge in [0, 0.05) is 5.56 Å². The highest BCUT2D eigenvalue weighted by molar-refractivity contribution is 6.66. The SMILES string of the molecule is COC(=O)C(=[N+]=[N-])C(=O)N(C(=O)c1ccc2ccccc2c1)c1ccccc1. The van der Waals surface area contributed by atoms with Crippen molar-refractivity contribution in [2.75, 3.05) is 12.0 Å². The predicted molar refractivity (Wildman–Crippen MR) is 103 cm³/mol. The summed E-state index contributed by atoms with van der Waals surface area (Å²) in [6, 6.07) is 20.5. The van der Waals surface area contributed by atoms with Gasteiger partial charge in [0.15, 0.2) is 0 Å². The third-order valence-corrected chi connectivity index (χ3v) is 4.10. The number of anilines is 1. The summed E-state index contributed by atoms with van der Waals surface area (Å²) in [6.07, 6.45) is 0. The van der Waals surface area contributed by atoms with Crippen LogP contribution in [0.5, 0.6) is 0 Å². The van der Waals surface area contributed by atoms with E-state index in [4.69, 9.17) is 5.53 Å². The number of carbonyl (C=O) groups is 3. The van der Waals surface area contributed by atoms with Gasteiger partial charge in [-0.3, -0.25) is 9.59 Å². The Labute approximate surface area is 160 Å². The zero-order valence-corrected chi connectivity index (χ0v) is 14.9. The van der Waals surface area contributed by atoms with Crippen molar-refractivity contribution in [2.24, 2.45) is 0 Å². The molecule has 3 aromatic carbocycles. The van der Waals surface area contributed by atoms with Gasteiger partial charge in [0.2, 0.25) is 0 Å². The van der Waals surface area contributed by atoms with E-state index in [0.717, 1.165) is 22.8 Å². The summed E-state index contributed by atoms with van der Waals surface area (Å²) in [7, 11) is 1.04. The number of methoxy groups -OCH3 is 1. The van der Waals surface area contributed by atoms with Crippen LogP contribution in [0, 0.1) is 0 Å². The summed E-state index contributed by atoms with van der Waals surface area (Å²) in [5.41, 5.74) is 8.67. The number of fused-ring (bicyclic) bond motifs is 1. The summed E-state index contributed by atoms with van der Waals surface area (Å²) in [6.45, 7) is 0. The molecule has 0 heterocycles. The van der Waals surface area contributed by atoms with Crippen molar-refractivity contribution in [2.45, 2.75) is 0 Å². The van der Waals surface area contributed by atoms with Crippen molar-refractivity contribution >= 4 is 40.0 Å². The first-order chi connectivity index (χ1) is 13.6. The van der Waals surface area contributed by atoms with Crippen molar-refractivity contribution in [3.05, 3.63) is 83.9 Å². The summed E-state index contributed by atoms with van der Waals surface area (Å²) < 4.78 is 4.47. The van der Waals surface area contributed by atoms with Gasteiger partial charge in [0.25, 0.3) is 5.91 Å². The molecular weight excluding hydrogens is 358 g/mol. The van der Waals surface area contributed by atoms with Crippen LogP contribution < -0.4 is 4.90 Å². The molecule has 0 atom stereocenters. The quantitative estimate of drug-likeness (QED) is 0.231. The number of imide groups is 1. The predicted octanol–water partition coefficient (Wildman–Crippen LogP) is 2.86. The molecule has 3 aromatic rings. The molecule has 0 N–H and O–H groups in total. The molecule has 0 unspecified atom stereocenters. The van der Waals surface area contributed by atoms with E-state index < -0.39 is 23.5 Å². The average molecular weight is 373 g/mol. The van der Waals surface area contributed by atoms with Gasteiger partial charge in [-0.2, -0.15) is 4.79 Å². The van der Waals surface area contributed by atoms with Gasteiger partial charge in [-0.15, -0.1) is 0 Å². The van der Waals surface area contributed by atoms with Crippen LogP contribution in [0.3, 0.4) is 0 Å². The lowest BCUT2D eigenvalue weighted by Crippen LogP contribution is -2.44. The fourth-order valence-electron chi connectivity index (χ4n) is 2.73. The lowest BCUT2D eigenvalue weighted by Gasteiger charge is -2.19. The normalized spacial score (nSPS) is 10.0. The lowest BCUT2D eigenvalue weighted by molar-refractivity contribution is -0.139. The Morgan fingerprint density at radius 3 is 2.18 bits per heavy atom. The van der Waals surface area contributed by atoms with Crippen molar-refractivity contribution in [3.8, 4) is 0 Å². The van der Waals surface area contributed by atoms with E-state index in [0.29, 0.717) is 0 Å². The van der Waals surface area contributed by atoms with E-state index in [9.17, 15) is 14.4 Å². The molecule has 0 bridgehead atoms. The van der Waals surface area contributed by atoms with Crippen molar-refractivity contribution in [1.82, 2.24) is 0 Å². The van der Waals surface area contributed by atoms with Gasteiger partial charge in [0.1, 0.15) is 0 Å². The van der Waals surface area contributed by atoms with E-state index in [1.807, 2.05) is 24.3 Å². The van der Waals surface area contributed by atoms with Crippen LogP contribution in [-0.4, -0.2) is 35.4 Å². The number of nitrogens with zero attached hydrogens (tertiary/aromatic N) is 3. The number of ether oxygens (including phenoxy) is 1. The number of hydrogen-bond acceptors (Lipinski definition) is 4. The minimum atomic E-state index is -1.15. The second-order valence-electron chi connectivity index (χ2n) is 5.78. The molecule has 0 saturated carbocycles. The zero-order chi connectivity index (χ0) is 20.1. The molecule has 0 aliphatic rings. The van der Waals surface area contributed by atoms with Crippen LogP contribution in [-0.2, 0) is 14.3 Å². The summed E-state index contributed by atoms with van der Waals surface area (Å²) in [4.78, 5) is 41.3. The minimum Gasteiger partial charge on any atom is -0.460 e. The van der Waals surface area contributed by atoms with Gasteiger partial charge < -0.3 is 10.3 Å². The number of benzene rings is 3. The fourth-order valence-corrected chi connectivity index (χ4v) is 2.73. The van der Waals surface area contributed by atoms with E-state index in [2.05, 4.69) is 9.53 Å². The standard InChI is InChI=1S/C21H15N3O4/c1-28-21(27)18(23-22)20(26)24(17-9-3-2-4-10-17)19(25)16-12-11-14-7-5-6-8-15(14)13-16/h2-13H,1H3. The minimum absolute atomic E-state index is 0.218. The average Bonchev–Trinajstić information content (AvgIpc) is 2.74. The number of esters is 1. The van der Waals surface area contributed by atoms with E-state index >= 15 is 0 Å². The van der Waals surface area contributed by atoms with Gasteiger partial charge in [-0.25, -0.2) is 9.69 Å². The number of rotatable bonds is 4.